The van der Waals surface area contributed by atoms with Gasteiger partial charge in [0, 0.05) is 11.3 Å². The maximum absolute atomic E-state index is 12.6. The molecule has 0 spiro atoms. The van der Waals surface area contributed by atoms with Crippen LogP contribution in [0.2, 0.25) is 0 Å². The SMILES string of the molecule is CCOc1cccc(/C=C2\OC(Nc3ccccc3)=C(C(=O)[O-])C2=O)c1OC. The Labute approximate surface area is 161 Å². The number of para-hydroxylation sites is 2. The van der Waals surface area contributed by atoms with E-state index >= 15 is 0 Å². The second-order valence-electron chi connectivity index (χ2n) is 5.73. The number of Topliss-reactive ketones (excluding diaryl/α,β-unsaturated/α-hetero) is 1. The number of rotatable bonds is 7. The number of hydrogen-bond acceptors (Lipinski definition) is 7. The third kappa shape index (κ3) is 3.83. The number of carboxylic acid groups (broad SMARTS) is 1. The van der Waals surface area contributed by atoms with Gasteiger partial charge in [0.05, 0.1) is 19.7 Å². The fourth-order valence-electron chi connectivity index (χ4n) is 2.73. The summed E-state index contributed by atoms with van der Waals surface area (Å²) in [5.41, 5.74) is 0.506. The van der Waals surface area contributed by atoms with Crippen molar-refractivity contribution in [3.63, 3.8) is 0 Å². The highest BCUT2D eigenvalue weighted by Crippen LogP contribution is 2.35. The Morgan fingerprint density at radius 2 is 1.93 bits per heavy atom. The first-order valence-corrected chi connectivity index (χ1v) is 8.56. The molecule has 3 rings (SSSR count). The molecule has 1 aliphatic heterocycles. The van der Waals surface area contributed by atoms with E-state index in [1.807, 2.05) is 13.0 Å². The van der Waals surface area contributed by atoms with E-state index in [9.17, 15) is 14.7 Å². The van der Waals surface area contributed by atoms with Gasteiger partial charge < -0.3 is 29.4 Å². The smallest absolute Gasteiger partial charge is 0.235 e. The Bertz CT molecular complexity index is 962. The molecule has 1 N–H and O–H groups in total. The third-order valence-electron chi connectivity index (χ3n) is 3.93. The van der Waals surface area contributed by atoms with Crippen molar-refractivity contribution < 1.29 is 28.9 Å². The van der Waals surface area contributed by atoms with E-state index in [2.05, 4.69) is 5.32 Å². The van der Waals surface area contributed by atoms with Crippen LogP contribution in [-0.4, -0.2) is 25.5 Å². The number of hydrogen-bond donors (Lipinski definition) is 1. The predicted octanol–water partition coefficient (Wildman–Crippen LogP) is 2.11. The third-order valence-corrected chi connectivity index (χ3v) is 3.93. The Morgan fingerprint density at radius 1 is 1.18 bits per heavy atom. The average molecular weight is 380 g/mol. The lowest BCUT2D eigenvalue weighted by molar-refractivity contribution is -0.298. The molecule has 0 amide bonds. The van der Waals surface area contributed by atoms with E-state index in [0.29, 0.717) is 29.4 Å². The van der Waals surface area contributed by atoms with Crippen LogP contribution in [-0.2, 0) is 14.3 Å². The number of carboxylic acids is 1. The van der Waals surface area contributed by atoms with Crippen LogP contribution in [0, 0.1) is 0 Å². The van der Waals surface area contributed by atoms with Gasteiger partial charge in [0.2, 0.25) is 11.7 Å². The molecule has 0 radical (unpaired) electrons. The number of ketones is 1. The van der Waals surface area contributed by atoms with Gasteiger partial charge in [-0.3, -0.25) is 4.79 Å². The number of methoxy groups -OCH3 is 1. The monoisotopic (exact) mass is 380 g/mol. The van der Waals surface area contributed by atoms with Crippen LogP contribution in [0.1, 0.15) is 12.5 Å². The zero-order valence-corrected chi connectivity index (χ0v) is 15.4. The summed E-state index contributed by atoms with van der Waals surface area (Å²) in [5.74, 6) is -1.86. The van der Waals surface area contributed by atoms with E-state index < -0.39 is 17.3 Å². The van der Waals surface area contributed by atoms with Crippen molar-refractivity contribution >= 4 is 23.5 Å². The van der Waals surface area contributed by atoms with Gasteiger partial charge in [-0.1, -0.05) is 30.3 Å². The minimum Gasteiger partial charge on any atom is -0.544 e. The standard InChI is InChI=1S/C21H19NO6/c1-3-27-15-11-7-8-13(19(15)26-2)12-16-18(23)17(21(24)25)20(28-16)22-14-9-5-4-6-10-14/h4-12,22H,3H2,1-2H3,(H,24,25)/p-1/b16-12-. The summed E-state index contributed by atoms with van der Waals surface area (Å²) >= 11 is 0. The van der Waals surface area contributed by atoms with Crippen molar-refractivity contribution in [2.24, 2.45) is 0 Å². The van der Waals surface area contributed by atoms with Crippen LogP contribution < -0.4 is 19.9 Å². The lowest BCUT2D eigenvalue weighted by atomic mass is 10.1. The molecule has 0 aromatic heterocycles. The van der Waals surface area contributed by atoms with Crippen molar-refractivity contribution in [2.75, 3.05) is 19.0 Å². The number of anilines is 1. The van der Waals surface area contributed by atoms with Crippen LogP contribution in [0.15, 0.2) is 65.7 Å². The quantitative estimate of drug-likeness (QED) is 0.580. The fraction of sp³-hybridized carbons (Fsp3) is 0.143. The van der Waals surface area contributed by atoms with Gasteiger partial charge >= 0.3 is 0 Å². The molecule has 1 heterocycles. The summed E-state index contributed by atoms with van der Waals surface area (Å²) in [6, 6.07) is 13.9. The normalized spacial score (nSPS) is 14.8. The van der Waals surface area contributed by atoms with Crippen molar-refractivity contribution in [3.8, 4) is 11.5 Å². The molecule has 144 valence electrons. The maximum atomic E-state index is 12.6. The summed E-state index contributed by atoms with van der Waals surface area (Å²) in [6.07, 6.45) is 1.41. The second-order valence-corrected chi connectivity index (χ2v) is 5.73. The molecular weight excluding hydrogens is 362 g/mol. The number of carbonyl (C=O) groups is 2. The van der Waals surface area contributed by atoms with E-state index in [-0.39, 0.29) is 11.6 Å². The molecule has 2 aromatic carbocycles. The Hall–Kier alpha value is -3.74. The van der Waals surface area contributed by atoms with Crippen LogP contribution in [0.5, 0.6) is 11.5 Å². The molecular formula is C21H18NO6-. The van der Waals surface area contributed by atoms with E-state index in [1.165, 1.54) is 13.2 Å². The van der Waals surface area contributed by atoms with Gasteiger partial charge in [0.1, 0.15) is 5.57 Å². The minimum absolute atomic E-state index is 0.162. The predicted molar refractivity (Wildman–Crippen MR) is 100 cm³/mol. The van der Waals surface area contributed by atoms with Crippen LogP contribution in [0.3, 0.4) is 0 Å². The maximum Gasteiger partial charge on any atom is 0.235 e. The first kappa shape index (κ1) is 19.0. The molecule has 28 heavy (non-hydrogen) atoms. The van der Waals surface area contributed by atoms with E-state index in [0.717, 1.165) is 0 Å². The minimum atomic E-state index is -1.62. The molecule has 0 fully saturated rings. The summed E-state index contributed by atoms with van der Waals surface area (Å²) in [6.45, 7) is 2.28. The van der Waals surface area contributed by atoms with Gasteiger partial charge in [0.15, 0.2) is 17.3 Å². The van der Waals surface area contributed by atoms with Crippen LogP contribution >= 0.6 is 0 Å². The van der Waals surface area contributed by atoms with Gasteiger partial charge in [-0.2, -0.15) is 0 Å². The van der Waals surface area contributed by atoms with Crippen molar-refractivity contribution in [3.05, 3.63) is 71.3 Å². The average Bonchev–Trinajstić information content (AvgIpc) is 2.98. The fourth-order valence-corrected chi connectivity index (χ4v) is 2.73. The molecule has 0 saturated heterocycles. The zero-order chi connectivity index (χ0) is 20.1. The van der Waals surface area contributed by atoms with Crippen LogP contribution in [0.4, 0.5) is 5.69 Å². The number of benzene rings is 2. The molecule has 1 aliphatic rings. The van der Waals surface area contributed by atoms with Gasteiger partial charge in [-0.05, 0) is 31.2 Å². The van der Waals surface area contributed by atoms with E-state index in [4.69, 9.17) is 14.2 Å². The number of nitrogens with one attached hydrogen (secondary N) is 1. The topological polar surface area (TPSA) is 96.9 Å². The highest BCUT2D eigenvalue weighted by atomic mass is 16.5. The Morgan fingerprint density at radius 3 is 2.57 bits per heavy atom. The largest absolute Gasteiger partial charge is 0.544 e. The van der Waals surface area contributed by atoms with Crippen molar-refractivity contribution in [2.45, 2.75) is 6.92 Å². The highest BCUT2D eigenvalue weighted by Gasteiger charge is 2.32. The Balaban J connectivity index is 1.96. The lowest BCUT2D eigenvalue weighted by Gasteiger charge is -2.12. The van der Waals surface area contributed by atoms with Gasteiger partial charge in [-0.25, -0.2) is 0 Å². The lowest BCUT2D eigenvalue weighted by Crippen LogP contribution is -2.28. The number of aliphatic carboxylic acids is 1. The van der Waals surface area contributed by atoms with Gasteiger partial charge in [0.25, 0.3) is 0 Å². The molecule has 2 aromatic rings. The van der Waals surface area contributed by atoms with Gasteiger partial charge in [-0.15, -0.1) is 0 Å². The number of carbonyl (C=O) groups excluding carboxylic acids is 2. The first-order chi connectivity index (χ1) is 13.5. The van der Waals surface area contributed by atoms with Crippen molar-refractivity contribution in [1.82, 2.24) is 0 Å². The molecule has 0 aliphatic carbocycles. The summed E-state index contributed by atoms with van der Waals surface area (Å²) in [4.78, 5) is 24.1. The Kier molecular flexibility index (Phi) is 5.64. The summed E-state index contributed by atoms with van der Waals surface area (Å²) in [7, 11) is 1.48. The number of allylic oxidation sites excluding steroid dienone is 1. The number of ether oxygens (including phenoxy) is 3. The molecule has 7 heteroatoms. The molecule has 0 atom stereocenters. The summed E-state index contributed by atoms with van der Waals surface area (Å²) < 4.78 is 16.4. The highest BCUT2D eigenvalue weighted by molar-refractivity contribution is 6.25. The van der Waals surface area contributed by atoms with E-state index in [1.54, 1.807) is 42.5 Å². The van der Waals surface area contributed by atoms with Crippen LogP contribution in [0.25, 0.3) is 6.08 Å². The summed E-state index contributed by atoms with van der Waals surface area (Å²) in [5, 5.41) is 14.3. The molecule has 0 unspecified atom stereocenters. The molecule has 7 nitrogen and oxygen atoms in total. The second kappa shape index (κ2) is 8.30. The van der Waals surface area contributed by atoms with Crippen molar-refractivity contribution in [1.29, 1.82) is 0 Å². The molecule has 0 bridgehead atoms. The molecule has 0 saturated carbocycles. The zero-order valence-electron chi connectivity index (χ0n) is 15.4. The first-order valence-electron chi connectivity index (χ1n) is 8.56.